The zero-order valence-electron chi connectivity index (χ0n) is 19.9. The third-order valence-corrected chi connectivity index (χ3v) is 7.66. The lowest BCUT2D eigenvalue weighted by Gasteiger charge is -2.32. The number of nitrogens with one attached hydrogen (secondary N) is 1. The molecule has 1 fully saturated rings. The molecule has 0 aliphatic carbocycles. The number of carbonyl (C=O) groups excluding carboxylic acids is 2. The van der Waals surface area contributed by atoms with Gasteiger partial charge in [0, 0.05) is 24.9 Å². The minimum atomic E-state index is -4.59. The molecule has 0 saturated carbocycles. The van der Waals surface area contributed by atoms with E-state index in [4.69, 9.17) is 0 Å². The molecular weight excluding hydrogens is 473 g/mol. The normalized spacial score (nSPS) is 14.3. The number of hydrogen-bond acceptors (Lipinski definition) is 7. The van der Waals surface area contributed by atoms with Crippen molar-refractivity contribution < 1.29 is 22.4 Å². The fraction of sp³-hybridized carbons (Fsp3) is 0.417. The number of anilines is 2. The van der Waals surface area contributed by atoms with Crippen molar-refractivity contribution in [1.82, 2.24) is 10.3 Å². The highest BCUT2D eigenvalue weighted by molar-refractivity contribution is 7.94. The van der Waals surface area contributed by atoms with Crippen LogP contribution in [0.4, 0.5) is 15.9 Å². The number of nitriles is 1. The van der Waals surface area contributed by atoms with E-state index >= 15 is 0 Å². The van der Waals surface area contributed by atoms with E-state index in [1.807, 2.05) is 13.0 Å². The molecule has 0 bridgehead atoms. The van der Waals surface area contributed by atoms with Gasteiger partial charge in [0.25, 0.3) is 0 Å². The molecule has 0 radical (unpaired) electrons. The van der Waals surface area contributed by atoms with Crippen LogP contribution in [0, 0.1) is 30.0 Å². The van der Waals surface area contributed by atoms with Gasteiger partial charge in [-0.25, -0.2) is 9.37 Å². The van der Waals surface area contributed by atoms with Gasteiger partial charge in [-0.15, -0.1) is 0 Å². The van der Waals surface area contributed by atoms with Crippen LogP contribution in [0.1, 0.15) is 54.2 Å². The van der Waals surface area contributed by atoms with E-state index in [1.54, 1.807) is 0 Å². The highest BCUT2D eigenvalue weighted by Gasteiger charge is 2.40. The molecule has 1 aliphatic rings. The van der Waals surface area contributed by atoms with Gasteiger partial charge < -0.3 is 5.32 Å². The van der Waals surface area contributed by atoms with Crippen LogP contribution in [0.25, 0.3) is 0 Å². The third kappa shape index (κ3) is 5.49. The molecule has 1 aliphatic heterocycles. The highest BCUT2D eigenvalue weighted by Crippen LogP contribution is 2.30. The number of rotatable bonds is 8. The minimum Gasteiger partial charge on any atom is -0.317 e. The molecule has 2 aromatic rings. The number of Topliss-reactive ketones (excluding diaryl/α,β-unsaturated/α-hetero) is 1. The smallest absolute Gasteiger partial charge is 0.317 e. The quantitative estimate of drug-likeness (QED) is 0.551. The van der Waals surface area contributed by atoms with Gasteiger partial charge in [0.2, 0.25) is 5.91 Å². The predicted molar refractivity (Wildman–Crippen MR) is 130 cm³/mol. The van der Waals surface area contributed by atoms with Crippen LogP contribution < -0.4 is 13.9 Å². The first-order chi connectivity index (χ1) is 16.6. The lowest BCUT2D eigenvalue weighted by atomic mass is 9.97. The first kappa shape index (κ1) is 26.2. The van der Waals surface area contributed by atoms with E-state index in [0.717, 1.165) is 16.4 Å². The van der Waals surface area contributed by atoms with Crippen molar-refractivity contribution in [2.24, 2.45) is 5.92 Å². The molecule has 1 aromatic heterocycles. The summed E-state index contributed by atoms with van der Waals surface area (Å²) in [5, 5.41) is 13.0. The summed E-state index contributed by atoms with van der Waals surface area (Å²) in [6.07, 6.45) is 1.67. The molecule has 1 amide bonds. The van der Waals surface area contributed by atoms with Gasteiger partial charge in [-0.1, -0.05) is 6.92 Å². The van der Waals surface area contributed by atoms with Gasteiger partial charge >= 0.3 is 10.2 Å². The van der Waals surface area contributed by atoms with Crippen molar-refractivity contribution in [3.63, 3.8) is 0 Å². The lowest BCUT2D eigenvalue weighted by molar-refractivity contribution is -0.121. The number of halogens is 1. The van der Waals surface area contributed by atoms with Gasteiger partial charge in [-0.05, 0) is 69.6 Å². The van der Waals surface area contributed by atoms with Crippen LogP contribution in [0.5, 0.6) is 0 Å². The van der Waals surface area contributed by atoms with Crippen molar-refractivity contribution in [3.8, 4) is 6.07 Å². The van der Waals surface area contributed by atoms with Crippen molar-refractivity contribution >= 4 is 33.4 Å². The molecule has 11 heteroatoms. The first-order valence-corrected chi connectivity index (χ1v) is 12.8. The maximum Gasteiger partial charge on any atom is 0.334 e. The number of amides is 1. The number of ketones is 1. The van der Waals surface area contributed by atoms with E-state index in [1.165, 1.54) is 32.2 Å². The number of aryl methyl sites for hydroxylation is 1. The Morgan fingerprint density at radius 3 is 2.43 bits per heavy atom. The Balaban J connectivity index is 2.18. The summed E-state index contributed by atoms with van der Waals surface area (Å²) in [4.78, 5) is 30.5. The number of nitrogens with zero attached hydrogens (tertiary/aromatic N) is 4. The summed E-state index contributed by atoms with van der Waals surface area (Å²) in [5.74, 6) is -2.43. The molecule has 3 rings (SSSR count). The molecule has 0 atom stereocenters. The van der Waals surface area contributed by atoms with Crippen LogP contribution >= 0.6 is 0 Å². The molecule has 9 nitrogen and oxygen atoms in total. The second-order valence-corrected chi connectivity index (χ2v) is 10.2. The van der Waals surface area contributed by atoms with Crippen molar-refractivity contribution in [2.75, 3.05) is 28.7 Å². The Hall–Kier alpha value is -3.36. The molecule has 1 saturated heterocycles. The molecule has 0 unspecified atom stereocenters. The Morgan fingerprint density at radius 2 is 1.86 bits per heavy atom. The van der Waals surface area contributed by atoms with Crippen molar-refractivity contribution in [2.45, 2.75) is 39.5 Å². The fourth-order valence-corrected chi connectivity index (χ4v) is 5.31. The summed E-state index contributed by atoms with van der Waals surface area (Å²) in [7, 11) is -3.35. The predicted octanol–water partition coefficient (Wildman–Crippen LogP) is 3.10. The summed E-state index contributed by atoms with van der Waals surface area (Å²) >= 11 is 0. The Kier molecular flexibility index (Phi) is 8.19. The van der Waals surface area contributed by atoms with Gasteiger partial charge in [-0.3, -0.25) is 13.9 Å². The van der Waals surface area contributed by atoms with E-state index in [-0.39, 0.29) is 40.5 Å². The SMILES string of the molecule is CCCC(=O)c1cc(C#N)c(N(C(=O)C2CCNCC2)S(=O)(=O)N(C)c2ccc(F)cc2)nc1C. The van der Waals surface area contributed by atoms with E-state index in [0.29, 0.717) is 36.7 Å². The van der Waals surface area contributed by atoms with Gasteiger partial charge in [0.15, 0.2) is 11.6 Å². The maximum absolute atomic E-state index is 13.8. The van der Waals surface area contributed by atoms with Crippen LogP contribution in [0.3, 0.4) is 0 Å². The zero-order valence-corrected chi connectivity index (χ0v) is 20.7. The number of aromatic nitrogens is 1. The first-order valence-electron chi connectivity index (χ1n) is 11.4. The second kappa shape index (κ2) is 10.9. The third-order valence-electron chi connectivity index (χ3n) is 5.94. The number of hydrogen-bond donors (Lipinski definition) is 1. The fourth-order valence-electron chi connectivity index (χ4n) is 3.94. The van der Waals surface area contributed by atoms with E-state index in [2.05, 4.69) is 10.3 Å². The summed E-state index contributed by atoms with van der Waals surface area (Å²) < 4.78 is 42.5. The monoisotopic (exact) mass is 501 g/mol. The number of pyridine rings is 1. The van der Waals surface area contributed by atoms with Crippen LogP contribution in [0.2, 0.25) is 0 Å². The Bertz CT molecular complexity index is 1250. The molecule has 0 spiro atoms. The van der Waals surface area contributed by atoms with Gasteiger partial charge in [-0.2, -0.15) is 18.0 Å². The molecule has 35 heavy (non-hydrogen) atoms. The second-order valence-electron chi connectivity index (χ2n) is 8.36. The largest absolute Gasteiger partial charge is 0.334 e. The number of piperidine rings is 1. The summed E-state index contributed by atoms with van der Waals surface area (Å²) in [5.41, 5.74) is 0.360. The Labute approximate surface area is 204 Å². The number of carbonyl (C=O) groups is 2. The average molecular weight is 502 g/mol. The summed E-state index contributed by atoms with van der Waals surface area (Å²) in [6, 6.07) is 7.97. The maximum atomic E-state index is 13.8. The minimum absolute atomic E-state index is 0.125. The zero-order chi connectivity index (χ0) is 25.8. The average Bonchev–Trinajstić information content (AvgIpc) is 2.84. The van der Waals surface area contributed by atoms with E-state index < -0.39 is 27.9 Å². The van der Waals surface area contributed by atoms with Crippen LogP contribution in [-0.4, -0.2) is 45.2 Å². The topological polar surface area (TPSA) is 123 Å². The molecule has 186 valence electrons. The van der Waals surface area contributed by atoms with Gasteiger partial charge in [0.05, 0.1) is 16.9 Å². The number of benzene rings is 1. The Morgan fingerprint density at radius 1 is 1.23 bits per heavy atom. The lowest BCUT2D eigenvalue weighted by Crippen LogP contribution is -2.50. The van der Waals surface area contributed by atoms with Crippen LogP contribution in [0.15, 0.2) is 30.3 Å². The summed E-state index contributed by atoms with van der Waals surface area (Å²) in [6.45, 7) is 4.47. The standard InChI is InChI=1S/C24H28FN5O4S/c1-4-5-22(31)21-14-18(15-26)23(28-16(21)2)30(24(32)17-10-12-27-13-11-17)35(33,34)29(3)20-8-6-19(25)7-9-20/h6-9,14,17,27H,4-5,10-13H2,1-3H3. The molecule has 1 aromatic carbocycles. The van der Waals surface area contributed by atoms with Gasteiger partial charge in [0.1, 0.15) is 11.9 Å². The van der Waals surface area contributed by atoms with Crippen LogP contribution in [-0.2, 0) is 15.0 Å². The van der Waals surface area contributed by atoms with Crippen molar-refractivity contribution in [1.29, 1.82) is 5.26 Å². The molecular formula is C24H28FN5O4S. The highest BCUT2D eigenvalue weighted by atomic mass is 32.2. The molecule has 1 N–H and O–H groups in total. The molecule has 2 heterocycles. The van der Waals surface area contributed by atoms with E-state index in [9.17, 15) is 27.7 Å². The van der Waals surface area contributed by atoms with Crippen molar-refractivity contribution in [3.05, 3.63) is 53.0 Å².